The monoisotopic (exact) mass is 515 g/mol. The van der Waals surface area contributed by atoms with E-state index in [1.807, 2.05) is 71.9 Å². The molecule has 1 aliphatic rings. The highest BCUT2D eigenvalue weighted by atomic mass is 16.5. The molecule has 1 aromatic rings. The van der Waals surface area contributed by atoms with Gasteiger partial charge in [-0.25, -0.2) is 4.79 Å². The molecule has 1 N–H and O–H groups in total. The van der Waals surface area contributed by atoms with E-state index < -0.39 is 29.6 Å². The van der Waals surface area contributed by atoms with E-state index in [1.54, 1.807) is 16.8 Å². The molecule has 0 bridgehead atoms. The van der Waals surface area contributed by atoms with Gasteiger partial charge in [0, 0.05) is 19.0 Å². The minimum absolute atomic E-state index is 0.0135. The lowest BCUT2D eigenvalue weighted by atomic mass is 9.83. The molecule has 2 rings (SSSR count). The largest absolute Gasteiger partial charge is 0.445 e. The van der Waals surface area contributed by atoms with Gasteiger partial charge in [0.15, 0.2) is 5.78 Å². The molecule has 1 heterocycles. The van der Waals surface area contributed by atoms with E-state index in [0.717, 1.165) is 5.56 Å². The first-order valence-corrected chi connectivity index (χ1v) is 13.5. The van der Waals surface area contributed by atoms with Crippen molar-refractivity contribution in [2.75, 3.05) is 13.6 Å². The van der Waals surface area contributed by atoms with Crippen LogP contribution in [0.3, 0.4) is 0 Å². The third-order valence-electron chi connectivity index (χ3n) is 6.75. The lowest BCUT2D eigenvalue weighted by molar-refractivity contribution is -0.149. The number of Topliss-reactive ketones (excluding diaryl/α,β-unsaturated/α-hetero) is 1. The van der Waals surface area contributed by atoms with E-state index in [4.69, 9.17) is 4.74 Å². The average Bonchev–Trinajstić information content (AvgIpc) is 3.34. The van der Waals surface area contributed by atoms with Gasteiger partial charge in [0.25, 0.3) is 0 Å². The number of likely N-dealkylation sites (tertiary alicyclic amines) is 1. The maximum atomic E-state index is 13.6. The fraction of sp³-hybridized carbons (Fsp3) is 0.655. The van der Waals surface area contributed by atoms with Crippen LogP contribution < -0.4 is 5.32 Å². The first-order chi connectivity index (χ1) is 17.4. The molecule has 3 amide bonds. The standard InChI is InChI=1S/C29H45N3O5/c1-8-13-22(30-28(36)37-19-21-14-10-9-11-15-21)26(34)32-17-12-16-23(32)27(35)31(7)24(18-20(2)3)25(33)29(4,5)6/h9-11,14-15,20,22-24H,8,12-13,16-19H2,1-7H3,(H,30,36)/t22-,23-,24+/m0/s1. The number of amides is 3. The molecular weight excluding hydrogens is 470 g/mol. The molecule has 3 atom stereocenters. The average molecular weight is 516 g/mol. The van der Waals surface area contributed by atoms with Crippen LogP contribution in [0.5, 0.6) is 0 Å². The van der Waals surface area contributed by atoms with Gasteiger partial charge in [-0.3, -0.25) is 14.4 Å². The van der Waals surface area contributed by atoms with Crippen molar-refractivity contribution >= 4 is 23.7 Å². The summed E-state index contributed by atoms with van der Waals surface area (Å²) in [7, 11) is 1.67. The van der Waals surface area contributed by atoms with Gasteiger partial charge in [-0.15, -0.1) is 0 Å². The number of hydrogen-bond acceptors (Lipinski definition) is 5. The molecule has 37 heavy (non-hydrogen) atoms. The van der Waals surface area contributed by atoms with Crippen molar-refractivity contribution < 1.29 is 23.9 Å². The molecule has 0 radical (unpaired) electrons. The Morgan fingerprint density at radius 2 is 1.78 bits per heavy atom. The van der Waals surface area contributed by atoms with Crippen molar-refractivity contribution in [1.29, 1.82) is 0 Å². The Morgan fingerprint density at radius 1 is 1.14 bits per heavy atom. The molecular formula is C29H45N3O5. The number of carbonyl (C=O) groups excluding carboxylic acids is 4. The van der Waals surface area contributed by atoms with E-state index in [0.29, 0.717) is 38.6 Å². The Bertz CT molecular complexity index is 925. The number of ether oxygens (including phenoxy) is 1. The molecule has 1 aliphatic heterocycles. The van der Waals surface area contributed by atoms with Crippen molar-refractivity contribution in [3.63, 3.8) is 0 Å². The maximum absolute atomic E-state index is 13.6. The van der Waals surface area contributed by atoms with Gasteiger partial charge in [0.2, 0.25) is 11.8 Å². The smallest absolute Gasteiger partial charge is 0.408 e. The van der Waals surface area contributed by atoms with Crippen LogP contribution in [0.1, 0.15) is 79.2 Å². The van der Waals surface area contributed by atoms with Crippen LogP contribution in [-0.2, 0) is 25.7 Å². The zero-order valence-electron chi connectivity index (χ0n) is 23.6. The topological polar surface area (TPSA) is 96.0 Å². The van der Waals surface area contributed by atoms with Gasteiger partial charge >= 0.3 is 6.09 Å². The van der Waals surface area contributed by atoms with Crippen molar-refractivity contribution in [2.24, 2.45) is 11.3 Å². The SMILES string of the molecule is CCC[C@H](NC(=O)OCc1ccccc1)C(=O)N1CCC[C@H]1C(=O)N(C)[C@H](CC(C)C)C(=O)C(C)(C)C. The number of ketones is 1. The quantitative estimate of drug-likeness (QED) is 0.466. The van der Waals surface area contributed by atoms with Crippen molar-refractivity contribution in [3.8, 4) is 0 Å². The summed E-state index contributed by atoms with van der Waals surface area (Å²) in [5.41, 5.74) is 0.264. The summed E-state index contributed by atoms with van der Waals surface area (Å²) >= 11 is 0. The summed E-state index contributed by atoms with van der Waals surface area (Å²) in [5, 5.41) is 2.71. The molecule has 0 unspecified atom stereocenters. The van der Waals surface area contributed by atoms with Crippen LogP contribution in [0.15, 0.2) is 30.3 Å². The first kappa shape index (κ1) is 30.3. The molecule has 206 valence electrons. The molecule has 0 aromatic heterocycles. The number of likely N-dealkylation sites (N-methyl/N-ethyl adjacent to an activating group) is 1. The van der Waals surface area contributed by atoms with Crippen LogP contribution in [0, 0.1) is 11.3 Å². The number of alkyl carbamates (subject to hydrolysis) is 1. The molecule has 0 spiro atoms. The van der Waals surface area contributed by atoms with E-state index in [-0.39, 0.29) is 30.1 Å². The van der Waals surface area contributed by atoms with Gasteiger partial charge in [-0.1, -0.05) is 78.3 Å². The normalized spacial score (nSPS) is 17.3. The summed E-state index contributed by atoms with van der Waals surface area (Å²) < 4.78 is 5.32. The number of nitrogens with zero attached hydrogens (tertiary/aromatic N) is 2. The second-order valence-corrected chi connectivity index (χ2v) is 11.4. The number of carbonyl (C=O) groups is 4. The second-order valence-electron chi connectivity index (χ2n) is 11.4. The lowest BCUT2D eigenvalue weighted by Gasteiger charge is -2.36. The number of rotatable bonds is 11. The minimum atomic E-state index is -0.783. The number of hydrogen-bond donors (Lipinski definition) is 1. The Labute approximate surface area is 222 Å². The van der Waals surface area contributed by atoms with Gasteiger partial charge in [0.1, 0.15) is 18.7 Å². The molecule has 8 nitrogen and oxygen atoms in total. The Kier molecular flexibility index (Phi) is 11.1. The Hall–Kier alpha value is -2.90. The molecule has 1 fully saturated rings. The number of benzene rings is 1. The van der Waals surface area contributed by atoms with E-state index >= 15 is 0 Å². The van der Waals surface area contributed by atoms with E-state index in [2.05, 4.69) is 5.32 Å². The summed E-state index contributed by atoms with van der Waals surface area (Å²) in [6, 6.07) is 7.34. The van der Waals surface area contributed by atoms with Crippen LogP contribution in [0.25, 0.3) is 0 Å². The fourth-order valence-electron chi connectivity index (χ4n) is 4.72. The highest BCUT2D eigenvalue weighted by Crippen LogP contribution is 2.27. The van der Waals surface area contributed by atoms with Gasteiger partial charge < -0.3 is 19.9 Å². The molecule has 1 aromatic carbocycles. The third kappa shape index (κ3) is 8.58. The van der Waals surface area contributed by atoms with Gasteiger partial charge in [0.05, 0.1) is 6.04 Å². The van der Waals surface area contributed by atoms with Gasteiger partial charge in [-0.05, 0) is 37.2 Å². The van der Waals surface area contributed by atoms with Crippen molar-refractivity contribution in [2.45, 2.75) is 98.4 Å². The fourth-order valence-corrected chi connectivity index (χ4v) is 4.72. The van der Waals surface area contributed by atoms with Crippen LogP contribution in [0.2, 0.25) is 0 Å². The third-order valence-corrected chi connectivity index (χ3v) is 6.75. The van der Waals surface area contributed by atoms with E-state index in [1.165, 1.54) is 0 Å². The first-order valence-electron chi connectivity index (χ1n) is 13.5. The van der Waals surface area contributed by atoms with Crippen molar-refractivity contribution in [1.82, 2.24) is 15.1 Å². The maximum Gasteiger partial charge on any atom is 0.408 e. The van der Waals surface area contributed by atoms with Gasteiger partial charge in [-0.2, -0.15) is 0 Å². The summed E-state index contributed by atoms with van der Waals surface area (Å²) in [6.45, 7) is 12.1. The van der Waals surface area contributed by atoms with E-state index in [9.17, 15) is 19.2 Å². The Morgan fingerprint density at radius 3 is 2.35 bits per heavy atom. The zero-order valence-corrected chi connectivity index (χ0v) is 23.6. The highest BCUT2D eigenvalue weighted by molar-refractivity contribution is 5.96. The summed E-state index contributed by atoms with van der Waals surface area (Å²) in [6.07, 6.45) is 2.23. The summed E-state index contributed by atoms with van der Waals surface area (Å²) in [4.78, 5) is 56.0. The van der Waals surface area contributed by atoms with Crippen LogP contribution in [0.4, 0.5) is 4.79 Å². The molecule has 0 saturated carbocycles. The van der Waals surface area contributed by atoms with Crippen LogP contribution in [-0.4, -0.2) is 65.2 Å². The lowest BCUT2D eigenvalue weighted by Crippen LogP contribution is -2.56. The molecule has 8 heteroatoms. The summed E-state index contributed by atoms with van der Waals surface area (Å²) in [5.74, 6) is -0.270. The highest BCUT2D eigenvalue weighted by Gasteiger charge is 2.42. The Balaban J connectivity index is 2.13. The minimum Gasteiger partial charge on any atom is -0.445 e. The van der Waals surface area contributed by atoms with Crippen molar-refractivity contribution in [3.05, 3.63) is 35.9 Å². The molecule has 0 aliphatic carbocycles. The predicted octanol–water partition coefficient (Wildman–Crippen LogP) is 4.56. The predicted molar refractivity (Wildman–Crippen MR) is 144 cm³/mol. The zero-order chi connectivity index (χ0) is 27.8. The molecule has 1 saturated heterocycles. The van der Waals surface area contributed by atoms with Crippen LogP contribution >= 0.6 is 0 Å². The second kappa shape index (κ2) is 13.6. The number of nitrogens with one attached hydrogen (secondary N) is 1.